The summed E-state index contributed by atoms with van der Waals surface area (Å²) in [5.41, 5.74) is 0. The van der Waals surface area contributed by atoms with Gasteiger partial charge in [-0.25, -0.2) is 0 Å². The van der Waals surface area contributed by atoms with Crippen LogP contribution in [-0.2, 0) is 0 Å². The van der Waals surface area contributed by atoms with Crippen molar-refractivity contribution in [3.63, 3.8) is 0 Å². The minimum atomic E-state index is -0.337. The molecule has 0 fully saturated rings. The van der Waals surface area contributed by atoms with Crippen molar-refractivity contribution in [2.24, 2.45) is 0 Å². The normalized spacial score (nSPS) is 11.9. The first kappa shape index (κ1) is 9.81. The van der Waals surface area contributed by atoms with Crippen LogP contribution in [0.4, 0.5) is 0 Å². The number of aliphatic hydroxyl groups is 1. The van der Waals surface area contributed by atoms with Crippen LogP contribution in [0.1, 0.15) is 26.2 Å². The van der Waals surface area contributed by atoms with Gasteiger partial charge in [-0.1, -0.05) is 6.92 Å². The zero-order valence-corrected chi connectivity index (χ0v) is 6.99. The molecule has 0 aromatic rings. The van der Waals surface area contributed by atoms with E-state index in [0.29, 0.717) is 18.7 Å². The zero-order chi connectivity index (χ0) is 7.82. The highest BCUT2D eigenvalue weighted by molar-refractivity contribution is 6.17. The highest BCUT2D eigenvalue weighted by Gasteiger charge is 1.98. The molecule has 0 aliphatic carbocycles. The fraction of sp³-hybridized carbons (Fsp3) is 0.750. The quantitative estimate of drug-likeness (QED) is 0.493. The van der Waals surface area contributed by atoms with Crippen molar-refractivity contribution in [3.05, 3.63) is 0 Å². The van der Waals surface area contributed by atoms with Gasteiger partial charge in [-0.3, -0.25) is 0 Å². The van der Waals surface area contributed by atoms with E-state index in [9.17, 15) is 0 Å². The van der Waals surface area contributed by atoms with Crippen molar-refractivity contribution in [1.29, 1.82) is 0 Å². The van der Waals surface area contributed by atoms with E-state index in [0.717, 1.165) is 6.42 Å². The summed E-state index contributed by atoms with van der Waals surface area (Å²) in [5, 5.41) is 9.09. The predicted molar refractivity (Wildman–Crippen MR) is 44.0 cm³/mol. The van der Waals surface area contributed by atoms with Crippen LogP contribution in [0.5, 0.6) is 0 Å². The number of halogens is 1. The molecule has 58 valence electrons. The Morgan fingerprint density at radius 2 is 2.20 bits per heavy atom. The Hall–Kier alpha value is -0.190. The number of hydrogen-bond donors (Lipinski definition) is 1. The lowest BCUT2D eigenvalue weighted by atomic mass is 10.2. The topological polar surface area (TPSA) is 20.2 Å². The maximum Gasteiger partial charge on any atom is 0.0660 e. The Labute approximate surface area is 67.4 Å². The van der Waals surface area contributed by atoms with Crippen LogP contribution in [0.25, 0.3) is 0 Å². The first-order valence-electron chi connectivity index (χ1n) is 3.51. The summed E-state index contributed by atoms with van der Waals surface area (Å²) >= 11 is 5.40. The number of alkyl halides is 1. The van der Waals surface area contributed by atoms with Gasteiger partial charge in [0, 0.05) is 18.7 Å². The Bertz CT molecular complexity index is 123. The first-order chi connectivity index (χ1) is 4.81. The third-order valence-electron chi connectivity index (χ3n) is 1.08. The van der Waals surface area contributed by atoms with E-state index in [2.05, 4.69) is 11.8 Å². The summed E-state index contributed by atoms with van der Waals surface area (Å²) in [4.78, 5) is 0. The van der Waals surface area contributed by atoms with Crippen molar-refractivity contribution >= 4 is 11.6 Å². The Morgan fingerprint density at radius 3 is 2.70 bits per heavy atom. The van der Waals surface area contributed by atoms with Crippen molar-refractivity contribution < 1.29 is 5.11 Å². The number of rotatable bonds is 3. The third-order valence-corrected chi connectivity index (χ3v) is 1.30. The number of hydrogen-bond acceptors (Lipinski definition) is 1. The molecule has 0 heterocycles. The molecular weight excluding hydrogens is 148 g/mol. The van der Waals surface area contributed by atoms with Gasteiger partial charge in [0.05, 0.1) is 6.10 Å². The average Bonchev–Trinajstić information content (AvgIpc) is 1.89. The van der Waals surface area contributed by atoms with Crippen molar-refractivity contribution in [1.82, 2.24) is 0 Å². The van der Waals surface area contributed by atoms with Gasteiger partial charge in [-0.05, 0) is 6.42 Å². The highest BCUT2D eigenvalue weighted by atomic mass is 35.5. The number of aliphatic hydroxyl groups excluding tert-OH is 1. The molecular formula is C8H13ClO. The maximum atomic E-state index is 9.09. The molecule has 0 aromatic carbocycles. The van der Waals surface area contributed by atoms with E-state index in [4.69, 9.17) is 16.7 Å². The van der Waals surface area contributed by atoms with Crippen LogP contribution in [0.3, 0.4) is 0 Å². The van der Waals surface area contributed by atoms with Crippen LogP contribution < -0.4 is 0 Å². The molecule has 0 saturated carbocycles. The van der Waals surface area contributed by atoms with Crippen LogP contribution >= 0.6 is 11.6 Å². The Balaban J connectivity index is 3.29. The van der Waals surface area contributed by atoms with Crippen LogP contribution in [0.2, 0.25) is 0 Å². The molecule has 1 unspecified atom stereocenters. The summed E-state index contributed by atoms with van der Waals surface area (Å²) in [6, 6.07) is 0. The van der Waals surface area contributed by atoms with Crippen molar-refractivity contribution in [2.45, 2.75) is 32.3 Å². The molecule has 1 N–H and O–H groups in total. The van der Waals surface area contributed by atoms with Gasteiger partial charge in [0.25, 0.3) is 0 Å². The smallest absolute Gasteiger partial charge is 0.0660 e. The lowest BCUT2D eigenvalue weighted by Gasteiger charge is -2.01. The molecule has 1 nitrogen and oxygen atoms in total. The Kier molecular flexibility index (Phi) is 6.79. The lowest BCUT2D eigenvalue weighted by molar-refractivity contribution is 0.177. The van der Waals surface area contributed by atoms with Crippen LogP contribution in [0.15, 0.2) is 0 Å². The molecule has 2 heteroatoms. The molecule has 1 atom stereocenters. The van der Waals surface area contributed by atoms with Crippen LogP contribution in [0, 0.1) is 11.8 Å². The second kappa shape index (κ2) is 6.92. The monoisotopic (exact) mass is 160 g/mol. The lowest BCUT2D eigenvalue weighted by Crippen LogP contribution is -2.04. The first-order valence-corrected chi connectivity index (χ1v) is 4.04. The van der Waals surface area contributed by atoms with E-state index in [1.807, 2.05) is 6.92 Å². The third kappa shape index (κ3) is 5.94. The summed E-state index contributed by atoms with van der Waals surface area (Å²) in [6.07, 6.45) is 1.71. The zero-order valence-electron chi connectivity index (χ0n) is 6.23. The summed E-state index contributed by atoms with van der Waals surface area (Å²) < 4.78 is 0. The second-order valence-corrected chi connectivity index (χ2v) is 2.42. The summed E-state index contributed by atoms with van der Waals surface area (Å²) in [5.74, 6) is 6.25. The van der Waals surface area contributed by atoms with E-state index >= 15 is 0 Å². The SMILES string of the molecule is CCC#CCC(O)CCCl. The average molecular weight is 161 g/mol. The van der Waals surface area contributed by atoms with E-state index in [1.165, 1.54) is 0 Å². The second-order valence-electron chi connectivity index (χ2n) is 2.04. The minimum Gasteiger partial charge on any atom is -0.392 e. The molecule has 0 bridgehead atoms. The van der Waals surface area contributed by atoms with E-state index in [-0.39, 0.29) is 6.10 Å². The molecule has 0 aliphatic heterocycles. The van der Waals surface area contributed by atoms with Gasteiger partial charge in [-0.15, -0.1) is 23.4 Å². The summed E-state index contributed by atoms with van der Waals surface area (Å²) in [6.45, 7) is 1.99. The van der Waals surface area contributed by atoms with Gasteiger partial charge in [0.1, 0.15) is 0 Å². The van der Waals surface area contributed by atoms with Gasteiger partial charge in [-0.2, -0.15) is 0 Å². The molecule has 0 aromatic heterocycles. The maximum absolute atomic E-state index is 9.09. The molecule has 0 rings (SSSR count). The van der Waals surface area contributed by atoms with Crippen LogP contribution in [-0.4, -0.2) is 17.1 Å². The standard InChI is InChI=1S/C8H13ClO/c1-2-3-4-5-8(10)6-7-9/h8,10H,2,5-7H2,1H3. The van der Waals surface area contributed by atoms with Gasteiger partial charge < -0.3 is 5.11 Å². The van der Waals surface area contributed by atoms with E-state index in [1.54, 1.807) is 0 Å². The largest absolute Gasteiger partial charge is 0.392 e. The summed E-state index contributed by atoms with van der Waals surface area (Å²) in [7, 11) is 0. The molecule has 0 saturated heterocycles. The highest BCUT2D eigenvalue weighted by Crippen LogP contribution is 1.97. The van der Waals surface area contributed by atoms with Crippen molar-refractivity contribution in [3.8, 4) is 11.8 Å². The molecule has 10 heavy (non-hydrogen) atoms. The van der Waals surface area contributed by atoms with Gasteiger partial charge in [0.15, 0.2) is 0 Å². The predicted octanol–water partition coefficient (Wildman–Crippen LogP) is 1.78. The molecule has 0 amide bonds. The molecule has 0 radical (unpaired) electrons. The Morgan fingerprint density at radius 1 is 1.50 bits per heavy atom. The molecule has 0 aliphatic rings. The van der Waals surface area contributed by atoms with Gasteiger partial charge in [0.2, 0.25) is 0 Å². The minimum absolute atomic E-state index is 0.337. The van der Waals surface area contributed by atoms with Crippen molar-refractivity contribution in [2.75, 3.05) is 5.88 Å². The fourth-order valence-corrected chi connectivity index (χ4v) is 0.795. The fourth-order valence-electron chi connectivity index (χ4n) is 0.543. The molecule has 0 spiro atoms. The van der Waals surface area contributed by atoms with E-state index < -0.39 is 0 Å². The van der Waals surface area contributed by atoms with Gasteiger partial charge >= 0.3 is 0 Å².